The van der Waals surface area contributed by atoms with Crippen molar-refractivity contribution in [2.45, 2.75) is 17.9 Å². The van der Waals surface area contributed by atoms with Gasteiger partial charge in [-0.25, -0.2) is 12.8 Å². The summed E-state index contributed by atoms with van der Waals surface area (Å²) in [7, 11) is -3.80. The van der Waals surface area contributed by atoms with E-state index in [1.54, 1.807) is 0 Å². The number of benzene rings is 1. The molecule has 1 fully saturated rings. The predicted octanol–water partition coefficient (Wildman–Crippen LogP) is 2.54. The maximum atomic E-state index is 13.6. The Kier molecular flexibility index (Phi) is 6.07. The highest BCUT2D eigenvalue weighted by Crippen LogP contribution is 2.31. The van der Waals surface area contributed by atoms with E-state index in [1.165, 1.54) is 16.4 Å². The number of hydrogen-bond acceptors (Lipinski definition) is 3. The molecule has 1 heterocycles. The largest absolute Gasteiger partial charge is 0.312 e. The monoisotopic (exact) mass is 362 g/mol. The highest BCUT2D eigenvalue weighted by Gasteiger charge is 2.31. The molecular weight excluding hydrogens is 350 g/mol. The third-order valence-corrected chi connectivity index (χ3v) is 5.63. The van der Waals surface area contributed by atoms with Gasteiger partial charge in [0.05, 0.1) is 10.0 Å². The summed E-state index contributed by atoms with van der Waals surface area (Å²) >= 11 is 11.3. The van der Waals surface area contributed by atoms with Crippen LogP contribution in [-0.4, -0.2) is 38.4 Å². The van der Waals surface area contributed by atoms with E-state index in [2.05, 4.69) is 5.32 Å². The summed E-state index contributed by atoms with van der Waals surface area (Å²) in [6, 6.07) is 2.47. The quantitative estimate of drug-likeness (QED) is 0.822. The molecule has 0 unspecified atom stereocenters. The van der Waals surface area contributed by atoms with Gasteiger partial charge in [-0.3, -0.25) is 0 Å². The lowest BCUT2D eigenvalue weighted by molar-refractivity contribution is 0.310. The molecule has 0 bridgehead atoms. The number of sulfonamides is 1. The van der Waals surface area contributed by atoms with Crippen molar-refractivity contribution >= 4 is 45.6 Å². The summed E-state index contributed by atoms with van der Waals surface area (Å²) in [5, 5.41) is 2.48. The molecule has 1 N–H and O–H groups in total. The normalized spacial score (nSPS) is 20.5. The fourth-order valence-electron chi connectivity index (χ4n) is 1.96. The Bertz CT molecular complexity index is 598. The number of piperazine rings is 1. The standard InChI is InChI=1S/C11H13Cl2FN2O2S.ClH/c1-7-6-16(5-4-15-7)19(17,18)9-3-2-8(12)11(14)10(9)13;/h2-3,7,15H,4-6H2,1H3;1H/t7-;/m1./s1. The van der Waals surface area contributed by atoms with Crippen molar-refractivity contribution < 1.29 is 12.8 Å². The van der Waals surface area contributed by atoms with Crippen LogP contribution in [0.3, 0.4) is 0 Å². The second-order valence-corrected chi connectivity index (χ2v) is 7.08. The molecule has 1 aliphatic rings. The highest BCUT2D eigenvalue weighted by atomic mass is 35.5. The molecule has 0 radical (unpaired) electrons. The number of halogens is 4. The zero-order valence-electron chi connectivity index (χ0n) is 10.6. The zero-order chi connectivity index (χ0) is 14.2. The van der Waals surface area contributed by atoms with Crippen LogP contribution in [-0.2, 0) is 10.0 Å². The minimum absolute atomic E-state index is 0. The number of nitrogens with zero attached hydrogens (tertiary/aromatic N) is 1. The Balaban J connectivity index is 0.00000200. The Morgan fingerprint density at radius 1 is 1.40 bits per heavy atom. The van der Waals surface area contributed by atoms with E-state index in [-0.39, 0.29) is 28.4 Å². The fourth-order valence-corrected chi connectivity index (χ4v) is 4.21. The maximum absolute atomic E-state index is 13.6. The van der Waals surface area contributed by atoms with Gasteiger partial charge in [0.1, 0.15) is 4.90 Å². The average molecular weight is 364 g/mol. The topological polar surface area (TPSA) is 49.4 Å². The molecule has 1 atom stereocenters. The van der Waals surface area contributed by atoms with Crippen LogP contribution in [0.25, 0.3) is 0 Å². The molecule has 0 saturated carbocycles. The molecule has 9 heteroatoms. The summed E-state index contributed by atoms with van der Waals surface area (Å²) < 4.78 is 39.7. The summed E-state index contributed by atoms with van der Waals surface area (Å²) in [5.41, 5.74) is 0. The van der Waals surface area contributed by atoms with Gasteiger partial charge in [-0.1, -0.05) is 23.2 Å². The Morgan fingerprint density at radius 2 is 2.05 bits per heavy atom. The minimum atomic E-state index is -3.80. The molecule has 114 valence electrons. The number of hydrogen-bond donors (Lipinski definition) is 1. The lowest BCUT2D eigenvalue weighted by atomic mass is 10.3. The zero-order valence-corrected chi connectivity index (χ0v) is 13.7. The highest BCUT2D eigenvalue weighted by molar-refractivity contribution is 7.89. The van der Waals surface area contributed by atoms with Gasteiger partial charge in [-0.2, -0.15) is 4.31 Å². The van der Waals surface area contributed by atoms with Crippen molar-refractivity contribution in [2.24, 2.45) is 0 Å². The molecule has 0 spiro atoms. The van der Waals surface area contributed by atoms with Gasteiger partial charge in [-0.05, 0) is 19.1 Å². The van der Waals surface area contributed by atoms with Crippen LogP contribution in [0.5, 0.6) is 0 Å². The first-order chi connectivity index (χ1) is 8.84. The van der Waals surface area contributed by atoms with E-state index in [4.69, 9.17) is 23.2 Å². The Labute approximate surface area is 133 Å². The SMILES string of the molecule is C[C@@H]1CN(S(=O)(=O)c2ccc(Cl)c(F)c2Cl)CCN1.Cl. The summed E-state index contributed by atoms with van der Waals surface area (Å²) in [5.74, 6) is -0.910. The molecule has 1 aliphatic heterocycles. The van der Waals surface area contributed by atoms with Crippen molar-refractivity contribution in [1.82, 2.24) is 9.62 Å². The van der Waals surface area contributed by atoms with Crippen LogP contribution in [0.4, 0.5) is 4.39 Å². The molecule has 1 saturated heterocycles. The predicted molar refractivity (Wildman–Crippen MR) is 79.9 cm³/mol. The van der Waals surface area contributed by atoms with Crippen LogP contribution in [0.2, 0.25) is 10.0 Å². The van der Waals surface area contributed by atoms with Gasteiger partial charge in [0, 0.05) is 25.7 Å². The molecule has 2 rings (SSSR count). The first-order valence-corrected chi connectivity index (χ1v) is 7.90. The molecule has 0 aromatic heterocycles. The fraction of sp³-hybridized carbons (Fsp3) is 0.455. The van der Waals surface area contributed by atoms with Gasteiger partial charge in [0.15, 0.2) is 5.82 Å². The van der Waals surface area contributed by atoms with Crippen molar-refractivity contribution in [3.05, 3.63) is 28.0 Å². The first kappa shape index (κ1) is 17.9. The van der Waals surface area contributed by atoms with Gasteiger partial charge >= 0.3 is 0 Å². The lowest BCUT2D eigenvalue weighted by Crippen LogP contribution is -2.51. The Morgan fingerprint density at radius 3 is 2.65 bits per heavy atom. The van der Waals surface area contributed by atoms with Crippen molar-refractivity contribution in [1.29, 1.82) is 0 Å². The van der Waals surface area contributed by atoms with Gasteiger partial charge in [0.25, 0.3) is 0 Å². The second-order valence-electron chi connectivity index (χ2n) is 4.39. The van der Waals surface area contributed by atoms with E-state index in [9.17, 15) is 12.8 Å². The molecule has 1 aromatic carbocycles. The van der Waals surface area contributed by atoms with E-state index >= 15 is 0 Å². The van der Waals surface area contributed by atoms with Crippen LogP contribution in [0.15, 0.2) is 17.0 Å². The molecule has 1 aromatic rings. The van der Waals surface area contributed by atoms with Crippen molar-refractivity contribution in [3.8, 4) is 0 Å². The number of rotatable bonds is 2. The average Bonchev–Trinajstić information content (AvgIpc) is 2.36. The molecule has 0 amide bonds. The minimum Gasteiger partial charge on any atom is -0.312 e. The summed E-state index contributed by atoms with van der Waals surface area (Å²) in [4.78, 5) is -0.245. The number of nitrogens with one attached hydrogen (secondary N) is 1. The van der Waals surface area contributed by atoms with Crippen molar-refractivity contribution in [2.75, 3.05) is 19.6 Å². The van der Waals surface area contributed by atoms with E-state index in [0.29, 0.717) is 19.6 Å². The van der Waals surface area contributed by atoms with E-state index < -0.39 is 20.9 Å². The van der Waals surface area contributed by atoms with E-state index in [1.807, 2.05) is 6.92 Å². The van der Waals surface area contributed by atoms with Gasteiger partial charge < -0.3 is 5.32 Å². The Hall–Kier alpha value is -0.110. The molecular formula is C11H14Cl3FN2O2S. The van der Waals surface area contributed by atoms with Crippen LogP contribution in [0.1, 0.15) is 6.92 Å². The molecule has 4 nitrogen and oxygen atoms in total. The lowest BCUT2D eigenvalue weighted by Gasteiger charge is -2.31. The van der Waals surface area contributed by atoms with Crippen LogP contribution in [0, 0.1) is 5.82 Å². The smallest absolute Gasteiger partial charge is 0.244 e. The summed E-state index contributed by atoms with van der Waals surface area (Å²) in [6.45, 7) is 3.08. The van der Waals surface area contributed by atoms with Crippen LogP contribution < -0.4 is 5.32 Å². The third kappa shape index (κ3) is 3.37. The van der Waals surface area contributed by atoms with Gasteiger partial charge in [0.2, 0.25) is 10.0 Å². The van der Waals surface area contributed by atoms with Gasteiger partial charge in [-0.15, -0.1) is 12.4 Å². The summed E-state index contributed by atoms with van der Waals surface area (Å²) in [6.07, 6.45) is 0. The molecule has 0 aliphatic carbocycles. The third-order valence-electron chi connectivity index (χ3n) is 2.95. The first-order valence-electron chi connectivity index (χ1n) is 5.71. The van der Waals surface area contributed by atoms with E-state index in [0.717, 1.165) is 0 Å². The van der Waals surface area contributed by atoms with Crippen LogP contribution >= 0.6 is 35.6 Å². The second kappa shape index (κ2) is 6.77. The van der Waals surface area contributed by atoms with Crippen molar-refractivity contribution in [3.63, 3.8) is 0 Å². The molecule has 20 heavy (non-hydrogen) atoms. The maximum Gasteiger partial charge on any atom is 0.244 e.